The third-order valence-corrected chi connectivity index (χ3v) is 9.38. The van der Waals surface area contributed by atoms with E-state index in [0.29, 0.717) is 28.2 Å². The number of likely N-dealkylation sites (tertiary alicyclic amines) is 1. The summed E-state index contributed by atoms with van der Waals surface area (Å²) in [5.74, 6) is 0.706. The number of hydrogen-bond acceptors (Lipinski definition) is 5. The summed E-state index contributed by atoms with van der Waals surface area (Å²) in [4.78, 5) is 24.9. The summed E-state index contributed by atoms with van der Waals surface area (Å²) < 4.78 is 1.96. The Morgan fingerprint density at radius 2 is 1.59 bits per heavy atom. The number of carbonyl (C=O) groups is 1. The molecule has 0 aliphatic carbocycles. The number of carbonyl (C=O) groups excluding carboxylic acids is 1. The highest BCUT2D eigenvalue weighted by atomic mass is 79.9. The van der Waals surface area contributed by atoms with Crippen LogP contribution in [0, 0.1) is 0 Å². The number of rotatable bonds is 7. The van der Waals surface area contributed by atoms with Crippen molar-refractivity contribution >= 4 is 66.8 Å². The van der Waals surface area contributed by atoms with Crippen LogP contribution in [-0.4, -0.2) is 66.0 Å². The highest BCUT2D eigenvalue weighted by Crippen LogP contribution is 2.28. The molecule has 1 aromatic heterocycles. The zero-order valence-electron chi connectivity index (χ0n) is 21.6. The van der Waals surface area contributed by atoms with Crippen molar-refractivity contribution in [1.29, 1.82) is 0 Å². The number of pyridine rings is 1. The minimum Gasteiger partial charge on any atom is -0.353 e. The molecule has 3 heterocycles. The molecule has 2 aromatic carbocycles. The quantitative estimate of drug-likeness (QED) is 0.301. The Kier molecular flexibility index (Phi) is 9.85. The number of benzene rings is 2. The third kappa shape index (κ3) is 7.54. The topological polar surface area (TPSA) is 51.7 Å². The van der Waals surface area contributed by atoms with Crippen molar-refractivity contribution in [3.8, 4) is 0 Å². The summed E-state index contributed by atoms with van der Waals surface area (Å²) in [5.41, 5.74) is 2.77. The summed E-state index contributed by atoms with van der Waals surface area (Å²) in [6.45, 7) is 7.57. The van der Waals surface area contributed by atoms with E-state index in [4.69, 9.17) is 23.2 Å². The fourth-order valence-electron chi connectivity index (χ4n) is 5.31. The van der Waals surface area contributed by atoms with E-state index in [1.807, 2.05) is 12.1 Å². The summed E-state index contributed by atoms with van der Waals surface area (Å²) in [6.07, 6.45) is 4.08. The van der Waals surface area contributed by atoms with Gasteiger partial charge in [-0.3, -0.25) is 14.6 Å². The van der Waals surface area contributed by atoms with Gasteiger partial charge < -0.3 is 10.2 Å². The van der Waals surface area contributed by atoms with E-state index >= 15 is 0 Å². The molecule has 39 heavy (non-hydrogen) atoms. The molecule has 0 atom stereocenters. The Morgan fingerprint density at radius 1 is 0.897 bits per heavy atom. The van der Waals surface area contributed by atoms with Crippen LogP contribution in [-0.2, 0) is 13.1 Å². The van der Waals surface area contributed by atoms with Gasteiger partial charge in [-0.05, 0) is 83.3 Å². The number of halogens is 4. The van der Waals surface area contributed by atoms with Gasteiger partial charge in [-0.2, -0.15) is 0 Å². The molecule has 5 rings (SSSR count). The van der Waals surface area contributed by atoms with Gasteiger partial charge >= 0.3 is 0 Å². The average Bonchev–Trinajstić information content (AvgIpc) is 2.95. The first-order chi connectivity index (χ1) is 18.9. The van der Waals surface area contributed by atoms with Crippen LogP contribution in [0.4, 0.5) is 5.82 Å². The number of nitrogens with one attached hydrogen (secondary N) is 1. The Morgan fingerprint density at radius 3 is 2.26 bits per heavy atom. The van der Waals surface area contributed by atoms with Gasteiger partial charge in [0.15, 0.2) is 0 Å². The van der Waals surface area contributed by atoms with Gasteiger partial charge in [0, 0.05) is 56.0 Å². The van der Waals surface area contributed by atoms with Crippen molar-refractivity contribution in [3.05, 3.63) is 90.4 Å². The van der Waals surface area contributed by atoms with E-state index in [-0.39, 0.29) is 5.91 Å². The fourth-order valence-corrected chi connectivity index (χ4v) is 6.50. The Balaban J connectivity index is 1.08. The minimum atomic E-state index is -0.183. The van der Waals surface area contributed by atoms with Gasteiger partial charge in [0.05, 0.1) is 20.1 Å². The number of piperidine rings is 1. The van der Waals surface area contributed by atoms with Crippen molar-refractivity contribution in [1.82, 2.24) is 20.1 Å². The maximum absolute atomic E-state index is 12.7. The first-order valence-electron chi connectivity index (χ1n) is 13.2. The molecule has 3 aromatic rings. The SMILES string of the molecule is O=C(NCc1ccc(Cl)c(Cl)c1)c1cnc(N2CCN(C3CCN(Cc4ccc(Br)cc4)CC3)CC2)c(Br)c1. The largest absolute Gasteiger partial charge is 0.353 e. The molecule has 2 saturated heterocycles. The lowest BCUT2D eigenvalue weighted by Crippen LogP contribution is -2.53. The maximum Gasteiger partial charge on any atom is 0.253 e. The first-order valence-corrected chi connectivity index (χ1v) is 15.5. The van der Waals surface area contributed by atoms with Gasteiger partial charge in [0.1, 0.15) is 5.82 Å². The number of anilines is 1. The van der Waals surface area contributed by atoms with Crippen molar-refractivity contribution in [2.45, 2.75) is 32.0 Å². The normalized spacial score (nSPS) is 17.4. The minimum absolute atomic E-state index is 0.183. The van der Waals surface area contributed by atoms with Gasteiger partial charge in [0.25, 0.3) is 5.91 Å². The highest BCUT2D eigenvalue weighted by molar-refractivity contribution is 9.10. The molecule has 0 unspecified atom stereocenters. The summed E-state index contributed by atoms with van der Waals surface area (Å²) in [7, 11) is 0. The number of piperazine rings is 1. The van der Waals surface area contributed by atoms with Crippen LogP contribution in [0.25, 0.3) is 0 Å². The molecule has 206 valence electrons. The predicted molar refractivity (Wildman–Crippen MR) is 166 cm³/mol. The molecular weight excluding hydrogens is 665 g/mol. The second-order valence-corrected chi connectivity index (χ2v) is 12.7. The molecule has 2 fully saturated rings. The molecule has 10 heteroatoms. The smallest absolute Gasteiger partial charge is 0.253 e. The molecule has 0 bridgehead atoms. The second-order valence-electron chi connectivity index (χ2n) is 10.1. The maximum atomic E-state index is 12.7. The summed E-state index contributed by atoms with van der Waals surface area (Å²) >= 11 is 19.2. The Labute approximate surface area is 256 Å². The second kappa shape index (κ2) is 13.3. The predicted octanol–water partition coefficient (Wildman–Crippen LogP) is 6.63. The number of aromatic nitrogens is 1. The molecule has 1 N–H and O–H groups in total. The van der Waals surface area contributed by atoms with E-state index < -0.39 is 0 Å². The zero-order chi connectivity index (χ0) is 27.4. The van der Waals surface area contributed by atoms with Crippen LogP contribution < -0.4 is 10.2 Å². The zero-order valence-corrected chi connectivity index (χ0v) is 26.2. The van der Waals surface area contributed by atoms with Crippen LogP contribution in [0.3, 0.4) is 0 Å². The lowest BCUT2D eigenvalue weighted by Gasteiger charge is -2.43. The third-order valence-electron chi connectivity index (χ3n) is 7.53. The van der Waals surface area contributed by atoms with Crippen molar-refractivity contribution < 1.29 is 4.79 Å². The number of nitrogens with zero attached hydrogens (tertiary/aromatic N) is 4. The standard InChI is InChI=1S/C29H31Br2Cl2N5O/c30-23-4-1-20(2-5-23)19-36-9-7-24(8-10-36)37-11-13-38(14-12-37)28-25(31)16-22(18-34-28)29(39)35-17-21-3-6-26(32)27(33)15-21/h1-6,15-16,18,24H,7-14,17,19H2,(H,35,39). The molecule has 6 nitrogen and oxygen atoms in total. The van der Waals surface area contributed by atoms with Crippen LogP contribution in [0.1, 0.15) is 34.3 Å². The highest BCUT2D eigenvalue weighted by Gasteiger charge is 2.28. The Bertz CT molecular complexity index is 1290. The molecule has 1 amide bonds. The van der Waals surface area contributed by atoms with Crippen LogP contribution in [0.5, 0.6) is 0 Å². The van der Waals surface area contributed by atoms with Crippen LogP contribution >= 0.6 is 55.1 Å². The summed E-state index contributed by atoms with van der Waals surface area (Å²) in [5, 5.41) is 3.89. The summed E-state index contributed by atoms with van der Waals surface area (Å²) in [6, 6.07) is 16.5. The van der Waals surface area contributed by atoms with Gasteiger partial charge in [-0.1, -0.05) is 57.3 Å². The molecule has 2 aliphatic heterocycles. The van der Waals surface area contributed by atoms with E-state index in [2.05, 4.69) is 81.1 Å². The van der Waals surface area contributed by atoms with E-state index in [9.17, 15) is 4.79 Å². The first kappa shape index (κ1) is 28.8. The molecule has 0 saturated carbocycles. The van der Waals surface area contributed by atoms with E-state index in [1.54, 1.807) is 18.3 Å². The lowest BCUT2D eigenvalue weighted by atomic mass is 10.0. The van der Waals surface area contributed by atoms with Gasteiger partial charge in [-0.25, -0.2) is 4.98 Å². The van der Waals surface area contributed by atoms with Crippen LogP contribution in [0.15, 0.2) is 63.7 Å². The average molecular weight is 696 g/mol. The van der Waals surface area contributed by atoms with Gasteiger partial charge in [-0.15, -0.1) is 0 Å². The molecule has 0 spiro atoms. The molecular formula is C29H31Br2Cl2N5O. The Hall–Kier alpha value is -1.68. The lowest BCUT2D eigenvalue weighted by molar-refractivity contribution is 0.0950. The number of amides is 1. The van der Waals surface area contributed by atoms with Crippen molar-refractivity contribution in [2.75, 3.05) is 44.2 Å². The number of hydrogen-bond donors (Lipinski definition) is 1. The van der Waals surface area contributed by atoms with E-state index in [0.717, 1.165) is 66.1 Å². The monoisotopic (exact) mass is 693 g/mol. The fraction of sp³-hybridized carbons (Fsp3) is 0.379. The van der Waals surface area contributed by atoms with Crippen molar-refractivity contribution in [3.63, 3.8) is 0 Å². The van der Waals surface area contributed by atoms with Crippen LogP contribution in [0.2, 0.25) is 10.0 Å². The molecule has 0 radical (unpaired) electrons. The molecule has 2 aliphatic rings. The van der Waals surface area contributed by atoms with E-state index in [1.165, 1.54) is 18.4 Å². The van der Waals surface area contributed by atoms with Gasteiger partial charge in [0.2, 0.25) is 0 Å². The van der Waals surface area contributed by atoms with Crippen molar-refractivity contribution in [2.24, 2.45) is 0 Å².